The van der Waals surface area contributed by atoms with Crippen molar-refractivity contribution in [3.05, 3.63) is 34.5 Å². The number of anilines is 2. The summed E-state index contributed by atoms with van der Waals surface area (Å²) in [5.41, 5.74) is 7.19. The number of aromatic nitrogens is 3. The number of nitrogens with zero attached hydrogens (tertiary/aromatic N) is 4. The topological polar surface area (TPSA) is 139 Å². The van der Waals surface area contributed by atoms with Crippen molar-refractivity contribution < 1.29 is 23.4 Å². The molecule has 0 spiro atoms. The summed E-state index contributed by atoms with van der Waals surface area (Å²) in [5.74, 6) is -1.11. The van der Waals surface area contributed by atoms with Crippen molar-refractivity contribution in [2.75, 3.05) is 31.3 Å². The SMILES string of the molecule is COc1nc(NCCO)c2c3c(c(-c4ncc(F)c5sc(N)c(C#N)c45)c(F)c2n1)COC3. The molecule has 12 heteroatoms. The van der Waals surface area contributed by atoms with E-state index in [0.29, 0.717) is 16.5 Å². The molecule has 0 amide bonds. The fourth-order valence-electron chi connectivity index (χ4n) is 4.04. The number of benzene rings is 1. The number of nitriles is 1. The Morgan fingerprint density at radius 3 is 2.82 bits per heavy atom. The van der Waals surface area contributed by atoms with Crippen molar-refractivity contribution in [3.8, 4) is 23.3 Å². The summed E-state index contributed by atoms with van der Waals surface area (Å²) in [6.07, 6.45) is 0.982. The summed E-state index contributed by atoms with van der Waals surface area (Å²) >= 11 is 0.906. The standard InChI is InChI=1S/C21H16F2N6O3S/c1-31-21-28-17-14(20(29-21)26-2-3-30)10-7-32-6-9(10)12(15(17)23)16-13-8(4-24)19(25)33-18(13)11(22)5-27-16/h5,30H,2-3,6-7,25H2,1H3,(H,26,28,29). The van der Waals surface area contributed by atoms with E-state index < -0.39 is 11.6 Å². The van der Waals surface area contributed by atoms with Gasteiger partial charge in [-0.25, -0.2) is 8.78 Å². The van der Waals surface area contributed by atoms with Gasteiger partial charge in [0.15, 0.2) is 11.6 Å². The van der Waals surface area contributed by atoms with Crippen molar-refractivity contribution in [2.45, 2.75) is 13.2 Å². The van der Waals surface area contributed by atoms with E-state index in [1.807, 2.05) is 6.07 Å². The molecule has 3 aromatic heterocycles. The van der Waals surface area contributed by atoms with E-state index in [9.17, 15) is 14.8 Å². The molecule has 1 aliphatic rings. The fourth-order valence-corrected chi connectivity index (χ4v) is 4.96. The lowest BCUT2D eigenvalue weighted by Crippen LogP contribution is -2.11. The highest BCUT2D eigenvalue weighted by Crippen LogP contribution is 2.46. The Labute approximate surface area is 189 Å². The molecule has 1 aromatic carbocycles. The maximum Gasteiger partial charge on any atom is 0.318 e. The Kier molecular flexibility index (Phi) is 5.16. The van der Waals surface area contributed by atoms with Gasteiger partial charge < -0.3 is 25.6 Å². The molecular weight excluding hydrogens is 454 g/mol. The van der Waals surface area contributed by atoms with Crippen LogP contribution < -0.4 is 15.8 Å². The first-order valence-corrected chi connectivity index (χ1v) is 10.6. The number of nitrogens with one attached hydrogen (secondary N) is 1. The lowest BCUT2D eigenvalue weighted by Gasteiger charge is -2.16. The lowest BCUT2D eigenvalue weighted by atomic mass is 9.93. The number of aliphatic hydroxyl groups is 1. The zero-order valence-electron chi connectivity index (χ0n) is 17.2. The summed E-state index contributed by atoms with van der Waals surface area (Å²) in [6, 6.07) is 1.89. The first-order chi connectivity index (χ1) is 16.0. The smallest absolute Gasteiger partial charge is 0.318 e. The van der Waals surface area contributed by atoms with Crippen LogP contribution in [0, 0.1) is 23.0 Å². The normalized spacial score (nSPS) is 12.8. The van der Waals surface area contributed by atoms with Gasteiger partial charge in [-0.15, -0.1) is 11.3 Å². The van der Waals surface area contributed by atoms with Gasteiger partial charge in [0.1, 0.15) is 22.4 Å². The van der Waals surface area contributed by atoms with Gasteiger partial charge in [0.2, 0.25) is 0 Å². The van der Waals surface area contributed by atoms with Gasteiger partial charge in [-0.3, -0.25) is 4.98 Å². The van der Waals surface area contributed by atoms with Crippen molar-refractivity contribution in [1.82, 2.24) is 15.0 Å². The quantitative estimate of drug-likeness (QED) is 0.401. The van der Waals surface area contributed by atoms with Crippen molar-refractivity contribution in [1.29, 1.82) is 5.26 Å². The van der Waals surface area contributed by atoms with Crippen LogP contribution in [0.25, 0.3) is 32.2 Å². The molecule has 0 fully saturated rings. The highest BCUT2D eigenvalue weighted by atomic mass is 32.1. The van der Waals surface area contributed by atoms with Crippen LogP contribution in [-0.2, 0) is 18.0 Å². The third-order valence-corrected chi connectivity index (χ3v) is 6.44. The molecule has 1 aliphatic heterocycles. The Bertz CT molecular complexity index is 1480. The lowest BCUT2D eigenvalue weighted by molar-refractivity contribution is 0.135. The van der Waals surface area contributed by atoms with Crippen LogP contribution in [0.5, 0.6) is 6.01 Å². The van der Waals surface area contributed by atoms with Crippen molar-refractivity contribution in [2.24, 2.45) is 0 Å². The van der Waals surface area contributed by atoms with E-state index in [0.717, 1.165) is 17.5 Å². The molecule has 0 saturated heterocycles. The van der Waals surface area contributed by atoms with E-state index in [4.69, 9.17) is 15.2 Å². The number of fused-ring (bicyclic) bond motifs is 4. The summed E-state index contributed by atoms with van der Waals surface area (Å²) < 4.78 is 41.6. The van der Waals surface area contributed by atoms with Crippen LogP contribution in [0.1, 0.15) is 16.7 Å². The molecule has 9 nitrogen and oxygen atoms in total. The Balaban J connectivity index is 1.92. The van der Waals surface area contributed by atoms with Gasteiger partial charge in [0.25, 0.3) is 0 Å². The molecule has 0 bridgehead atoms. The van der Waals surface area contributed by atoms with Crippen LogP contribution in [0.4, 0.5) is 19.6 Å². The third-order valence-electron chi connectivity index (χ3n) is 5.41. The second-order valence-corrected chi connectivity index (χ2v) is 8.24. The predicted octanol–water partition coefficient (Wildman–Crippen LogP) is 3.08. The fraction of sp³-hybridized carbons (Fsp3) is 0.238. The molecule has 0 atom stereocenters. The first kappa shape index (κ1) is 21.2. The van der Waals surface area contributed by atoms with E-state index in [-0.39, 0.29) is 75.6 Å². The minimum Gasteiger partial charge on any atom is -0.467 e. The summed E-state index contributed by atoms with van der Waals surface area (Å²) in [7, 11) is 1.35. The van der Waals surface area contributed by atoms with Crippen molar-refractivity contribution >= 4 is 43.1 Å². The summed E-state index contributed by atoms with van der Waals surface area (Å²) in [6.45, 7) is 0.240. The number of hydrogen-bond acceptors (Lipinski definition) is 10. The van der Waals surface area contributed by atoms with E-state index >= 15 is 4.39 Å². The third kappa shape index (κ3) is 3.12. The number of halogens is 2. The number of nitrogen functional groups attached to an aromatic ring is 1. The molecule has 0 radical (unpaired) electrons. The van der Waals surface area contributed by atoms with E-state index in [2.05, 4.69) is 20.3 Å². The number of methoxy groups -OCH3 is 1. The molecule has 0 saturated carbocycles. The molecular formula is C21H16F2N6O3S. The van der Waals surface area contributed by atoms with E-state index in [1.165, 1.54) is 7.11 Å². The van der Waals surface area contributed by atoms with Gasteiger partial charge in [-0.05, 0) is 11.1 Å². The van der Waals surface area contributed by atoms with Crippen molar-refractivity contribution in [3.63, 3.8) is 0 Å². The van der Waals surface area contributed by atoms with Crippen LogP contribution in [0.15, 0.2) is 6.20 Å². The summed E-state index contributed by atoms with van der Waals surface area (Å²) in [5, 5.41) is 22.5. The molecule has 33 heavy (non-hydrogen) atoms. The highest BCUT2D eigenvalue weighted by Gasteiger charge is 2.31. The average Bonchev–Trinajstić information content (AvgIpc) is 3.43. The average molecular weight is 470 g/mol. The molecule has 4 heterocycles. The molecule has 4 aromatic rings. The Hall–Kier alpha value is -3.66. The van der Waals surface area contributed by atoms with Crippen LogP contribution in [-0.4, -0.2) is 40.3 Å². The van der Waals surface area contributed by atoms with Gasteiger partial charge >= 0.3 is 6.01 Å². The first-order valence-electron chi connectivity index (χ1n) is 9.78. The number of pyridine rings is 1. The van der Waals surface area contributed by atoms with Gasteiger partial charge in [-0.2, -0.15) is 15.2 Å². The van der Waals surface area contributed by atoms with Crippen LogP contribution in [0.3, 0.4) is 0 Å². The van der Waals surface area contributed by atoms with Crippen LogP contribution >= 0.6 is 11.3 Å². The number of ether oxygens (including phenoxy) is 2. The second-order valence-electron chi connectivity index (χ2n) is 7.18. The molecule has 5 rings (SSSR count). The van der Waals surface area contributed by atoms with Gasteiger partial charge in [0.05, 0.1) is 54.5 Å². The second kappa shape index (κ2) is 8.04. The van der Waals surface area contributed by atoms with E-state index in [1.54, 1.807) is 0 Å². The zero-order valence-corrected chi connectivity index (χ0v) is 18.0. The summed E-state index contributed by atoms with van der Waals surface area (Å²) in [4.78, 5) is 12.6. The number of thiophene rings is 1. The highest BCUT2D eigenvalue weighted by molar-refractivity contribution is 7.23. The molecule has 0 aliphatic carbocycles. The van der Waals surface area contributed by atoms with Crippen LogP contribution in [0.2, 0.25) is 0 Å². The Morgan fingerprint density at radius 2 is 2.09 bits per heavy atom. The minimum absolute atomic E-state index is 0.0368. The monoisotopic (exact) mass is 470 g/mol. The maximum absolute atomic E-state index is 16.2. The van der Waals surface area contributed by atoms with Gasteiger partial charge in [-0.1, -0.05) is 0 Å². The molecule has 168 valence electrons. The maximum atomic E-state index is 16.2. The Morgan fingerprint density at radius 1 is 1.30 bits per heavy atom. The van der Waals surface area contributed by atoms with Gasteiger partial charge in [0, 0.05) is 17.5 Å². The largest absolute Gasteiger partial charge is 0.467 e. The minimum atomic E-state index is -0.740. The zero-order chi connectivity index (χ0) is 23.3. The molecule has 0 unspecified atom stereocenters. The predicted molar refractivity (Wildman–Crippen MR) is 118 cm³/mol. The molecule has 4 N–H and O–H groups in total. The number of hydrogen-bond donors (Lipinski definition) is 3. The number of nitrogens with two attached hydrogens (primary N) is 1. The number of rotatable bonds is 5. The number of aliphatic hydroxyl groups excluding tert-OH is 1.